The molecule has 0 radical (unpaired) electrons. The van der Waals surface area contributed by atoms with Crippen LogP contribution in [0.1, 0.15) is 12.8 Å². The summed E-state index contributed by atoms with van der Waals surface area (Å²) >= 11 is 0. The highest BCUT2D eigenvalue weighted by Gasteiger charge is 2.11. The van der Waals surface area contributed by atoms with Crippen LogP contribution in [0.15, 0.2) is 24.5 Å². The van der Waals surface area contributed by atoms with E-state index in [9.17, 15) is 0 Å². The van der Waals surface area contributed by atoms with E-state index in [1.807, 2.05) is 24.5 Å². The molecule has 2 heterocycles. The summed E-state index contributed by atoms with van der Waals surface area (Å²) in [5, 5.41) is 6.86. The number of rotatable bonds is 2. The molecule has 1 aromatic rings. The van der Waals surface area contributed by atoms with E-state index in [1.165, 1.54) is 18.5 Å². The van der Waals surface area contributed by atoms with Crippen molar-refractivity contribution in [1.29, 1.82) is 0 Å². The van der Waals surface area contributed by atoms with Gasteiger partial charge < -0.3 is 10.6 Å². The van der Waals surface area contributed by atoms with Crippen LogP contribution in [-0.4, -0.2) is 24.1 Å². The van der Waals surface area contributed by atoms with Crippen molar-refractivity contribution in [3.63, 3.8) is 0 Å². The van der Waals surface area contributed by atoms with Crippen molar-refractivity contribution in [2.75, 3.05) is 18.4 Å². The zero-order chi connectivity index (χ0) is 8.93. The molecule has 0 aliphatic carbocycles. The summed E-state index contributed by atoms with van der Waals surface area (Å²) in [6, 6.07) is 4.60. The van der Waals surface area contributed by atoms with Gasteiger partial charge in [-0.25, -0.2) is 0 Å². The Bertz CT molecular complexity index is 242. The molecule has 0 saturated carbocycles. The Kier molecular flexibility index (Phi) is 2.77. The number of nitrogens with zero attached hydrogens (tertiary/aromatic N) is 1. The molecule has 13 heavy (non-hydrogen) atoms. The summed E-state index contributed by atoms with van der Waals surface area (Å²) in [7, 11) is 0. The van der Waals surface area contributed by atoms with Gasteiger partial charge in [0.15, 0.2) is 0 Å². The van der Waals surface area contributed by atoms with Gasteiger partial charge >= 0.3 is 0 Å². The van der Waals surface area contributed by atoms with E-state index >= 15 is 0 Å². The van der Waals surface area contributed by atoms with Gasteiger partial charge in [-0.1, -0.05) is 0 Å². The van der Waals surface area contributed by atoms with Crippen molar-refractivity contribution in [2.45, 2.75) is 18.9 Å². The maximum Gasteiger partial charge on any atom is 0.0386 e. The highest BCUT2D eigenvalue weighted by atomic mass is 15.0. The molecule has 1 atom stereocenters. The van der Waals surface area contributed by atoms with Crippen LogP contribution in [0.25, 0.3) is 0 Å². The summed E-state index contributed by atoms with van der Waals surface area (Å²) in [6.45, 7) is 2.23. The van der Waals surface area contributed by atoms with Gasteiger partial charge in [0.2, 0.25) is 0 Å². The SMILES string of the molecule is c1cc(NC2CCCNC2)ccn1. The second kappa shape index (κ2) is 4.23. The minimum atomic E-state index is 0.580. The van der Waals surface area contributed by atoms with Crippen LogP contribution in [-0.2, 0) is 0 Å². The van der Waals surface area contributed by atoms with Crippen molar-refractivity contribution in [3.8, 4) is 0 Å². The lowest BCUT2D eigenvalue weighted by Gasteiger charge is -2.24. The Morgan fingerprint density at radius 2 is 2.23 bits per heavy atom. The fraction of sp³-hybridized carbons (Fsp3) is 0.500. The third-order valence-electron chi connectivity index (χ3n) is 2.35. The molecule has 2 rings (SSSR count). The normalized spacial score (nSPS) is 22.6. The molecule has 0 spiro atoms. The number of nitrogens with one attached hydrogen (secondary N) is 2. The molecule has 0 aromatic carbocycles. The molecule has 0 amide bonds. The minimum Gasteiger partial charge on any atom is -0.381 e. The van der Waals surface area contributed by atoms with Crippen LogP contribution in [0.3, 0.4) is 0 Å². The van der Waals surface area contributed by atoms with Crippen molar-refractivity contribution in [1.82, 2.24) is 10.3 Å². The van der Waals surface area contributed by atoms with Crippen LogP contribution < -0.4 is 10.6 Å². The first-order valence-corrected chi connectivity index (χ1v) is 4.82. The summed E-state index contributed by atoms with van der Waals surface area (Å²) in [5.41, 5.74) is 1.17. The van der Waals surface area contributed by atoms with Crippen LogP contribution in [0.4, 0.5) is 5.69 Å². The lowest BCUT2D eigenvalue weighted by atomic mass is 10.1. The molecule has 1 aliphatic heterocycles. The lowest BCUT2D eigenvalue weighted by Crippen LogP contribution is -2.38. The lowest BCUT2D eigenvalue weighted by molar-refractivity contribution is 0.480. The maximum absolute atomic E-state index is 3.98. The molecular weight excluding hydrogens is 162 g/mol. The molecule has 3 nitrogen and oxygen atoms in total. The summed E-state index contributed by atoms with van der Waals surface area (Å²) in [5.74, 6) is 0. The van der Waals surface area contributed by atoms with E-state index < -0.39 is 0 Å². The van der Waals surface area contributed by atoms with Crippen molar-refractivity contribution in [3.05, 3.63) is 24.5 Å². The molecule has 0 bridgehead atoms. The van der Waals surface area contributed by atoms with Crippen molar-refractivity contribution in [2.24, 2.45) is 0 Å². The number of hydrogen-bond acceptors (Lipinski definition) is 3. The van der Waals surface area contributed by atoms with Gasteiger partial charge in [-0.05, 0) is 31.5 Å². The Hall–Kier alpha value is -1.09. The second-order valence-corrected chi connectivity index (χ2v) is 3.42. The summed E-state index contributed by atoms with van der Waals surface area (Å²) in [4.78, 5) is 3.98. The highest BCUT2D eigenvalue weighted by molar-refractivity contribution is 5.41. The standard InChI is InChI=1S/C10H15N3/c1-2-10(8-12-5-1)13-9-3-6-11-7-4-9/h3-4,6-7,10,12H,1-2,5,8H2,(H,11,13). The zero-order valence-corrected chi connectivity index (χ0v) is 7.66. The molecule has 1 unspecified atom stereocenters. The molecule has 1 saturated heterocycles. The number of anilines is 1. The molecule has 2 N–H and O–H groups in total. The predicted octanol–water partition coefficient (Wildman–Crippen LogP) is 1.25. The molecule has 1 aliphatic rings. The summed E-state index contributed by atoms with van der Waals surface area (Å²) < 4.78 is 0. The van der Waals surface area contributed by atoms with E-state index in [4.69, 9.17) is 0 Å². The van der Waals surface area contributed by atoms with E-state index in [0.29, 0.717) is 6.04 Å². The van der Waals surface area contributed by atoms with Crippen LogP contribution in [0, 0.1) is 0 Å². The van der Waals surface area contributed by atoms with Gasteiger partial charge in [-0.3, -0.25) is 4.98 Å². The smallest absolute Gasteiger partial charge is 0.0386 e. The highest BCUT2D eigenvalue weighted by Crippen LogP contribution is 2.10. The number of pyridine rings is 1. The Morgan fingerprint density at radius 1 is 1.38 bits per heavy atom. The van der Waals surface area contributed by atoms with Gasteiger partial charge in [0, 0.05) is 30.7 Å². The first-order valence-electron chi connectivity index (χ1n) is 4.82. The molecule has 1 fully saturated rings. The predicted molar refractivity (Wildman–Crippen MR) is 53.8 cm³/mol. The van der Waals surface area contributed by atoms with Crippen molar-refractivity contribution >= 4 is 5.69 Å². The summed E-state index contributed by atoms with van der Waals surface area (Å²) in [6.07, 6.45) is 6.16. The third-order valence-corrected chi connectivity index (χ3v) is 2.35. The van der Waals surface area contributed by atoms with Crippen LogP contribution >= 0.6 is 0 Å². The Labute approximate surface area is 78.6 Å². The first-order chi connectivity index (χ1) is 6.45. The van der Waals surface area contributed by atoms with Crippen molar-refractivity contribution < 1.29 is 0 Å². The van der Waals surface area contributed by atoms with Crippen LogP contribution in [0.5, 0.6) is 0 Å². The average molecular weight is 177 g/mol. The Balaban J connectivity index is 1.90. The van der Waals surface area contributed by atoms with E-state index in [-0.39, 0.29) is 0 Å². The van der Waals surface area contributed by atoms with Gasteiger partial charge in [-0.2, -0.15) is 0 Å². The monoisotopic (exact) mass is 177 g/mol. The van der Waals surface area contributed by atoms with Gasteiger partial charge in [0.25, 0.3) is 0 Å². The topological polar surface area (TPSA) is 37.0 Å². The van der Waals surface area contributed by atoms with Gasteiger partial charge in [-0.15, -0.1) is 0 Å². The first kappa shape index (κ1) is 8.51. The van der Waals surface area contributed by atoms with Gasteiger partial charge in [0.1, 0.15) is 0 Å². The minimum absolute atomic E-state index is 0.580. The zero-order valence-electron chi connectivity index (χ0n) is 7.66. The number of aromatic nitrogens is 1. The molecule has 1 aromatic heterocycles. The van der Waals surface area contributed by atoms with E-state index in [0.717, 1.165) is 13.1 Å². The van der Waals surface area contributed by atoms with E-state index in [1.54, 1.807) is 0 Å². The quantitative estimate of drug-likeness (QED) is 0.713. The fourth-order valence-corrected chi connectivity index (χ4v) is 1.66. The largest absolute Gasteiger partial charge is 0.381 e. The second-order valence-electron chi connectivity index (χ2n) is 3.42. The average Bonchev–Trinajstić information content (AvgIpc) is 2.21. The molecular formula is C10H15N3. The fourth-order valence-electron chi connectivity index (χ4n) is 1.66. The Morgan fingerprint density at radius 3 is 2.92 bits per heavy atom. The number of piperidine rings is 1. The van der Waals surface area contributed by atoms with Crippen LogP contribution in [0.2, 0.25) is 0 Å². The number of hydrogen-bond donors (Lipinski definition) is 2. The van der Waals surface area contributed by atoms with E-state index in [2.05, 4.69) is 15.6 Å². The maximum atomic E-state index is 3.98. The third kappa shape index (κ3) is 2.42. The molecule has 70 valence electrons. The molecule has 3 heteroatoms. The van der Waals surface area contributed by atoms with Gasteiger partial charge in [0.05, 0.1) is 0 Å².